The third kappa shape index (κ3) is 3.50. The van der Waals surface area contributed by atoms with E-state index in [0.717, 1.165) is 24.3 Å². The zero-order chi connectivity index (χ0) is 17.2. The molecule has 0 saturated carbocycles. The number of nitrogens with one attached hydrogen (secondary N) is 1. The quantitative estimate of drug-likeness (QED) is 0.864. The van der Waals surface area contributed by atoms with Crippen molar-refractivity contribution in [1.82, 2.24) is 0 Å². The van der Waals surface area contributed by atoms with E-state index in [9.17, 15) is 30.8 Å². The smallest absolute Gasteiger partial charge is 0.321 e. The Morgan fingerprint density at radius 3 is 2.30 bits per heavy atom. The lowest BCUT2D eigenvalue weighted by molar-refractivity contribution is 0.102. The first kappa shape index (κ1) is 16.9. The summed E-state index contributed by atoms with van der Waals surface area (Å²) in [7, 11) is -4.95. The number of hydrogen-bond donors (Lipinski definition) is 1. The van der Waals surface area contributed by atoms with Crippen molar-refractivity contribution in [2.24, 2.45) is 0 Å². The summed E-state index contributed by atoms with van der Waals surface area (Å²) in [6, 6.07) is 6.62. The van der Waals surface area contributed by atoms with Crippen LogP contribution in [0.3, 0.4) is 0 Å². The van der Waals surface area contributed by atoms with E-state index in [1.165, 1.54) is 12.1 Å². The molecule has 0 bridgehead atoms. The Hall–Kier alpha value is -2.42. The molecule has 0 heterocycles. The molecule has 0 aliphatic rings. The fourth-order valence-corrected chi connectivity index (χ4v) is 2.66. The molecule has 0 aromatic heterocycles. The molecule has 1 amide bonds. The topological polar surface area (TPSA) is 63.2 Å². The van der Waals surface area contributed by atoms with Gasteiger partial charge in [-0.25, -0.2) is 17.2 Å². The van der Waals surface area contributed by atoms with Gasteiger partial charge in [0.25, 0.3) is 5.91 Å². The van der Waals surface area contributed by atoms with Crippen molar-refractivity contribution in [2.75, 3.05) is 5.32 Å². The Morgan fingerprint density at radius 1 is 1.04 bits per heavy atom. The fraction of sp³-hybridized carbons (Fsp3) is 0.0714. The van der Waals surface area contributed by atoms with Crippen molar-refractivity contribution >= 4 is 21.4 Å². The maximum atomic E-state index is 13.5. The van der Waals surface area contributed by atoms with E-state index in [2.05, 4.69) is 0 Å². The first-order chi connectivity index (χ1) is 10.7. The molecule has 1 N–H and O–H groups in total. The molecule has 2 aromatic rings. The van der Waals surface area contributed by atoms with E-state index in [1.54, 1.807) is 0 Å². The lowest BCUT2D eigenvalue weighted by Crippen LogP contribution is -2.18. The van der Waals surface area contributed by atoms with Crippen molar-refractivity contribution in [3.8, 4) is 0 Å². The molecule has 0 spiro atoms. The standard InChI is InChI=1S/C14H9F4NO3S/c15-8-5-6-9(10(16)7-8)13(20)19-11-3-1-2-4-12(11)23(21,22)14(17)18/h1-7,14H,(H,19,20). The Labute approximate surface area is 128 Å². The summed E-state index contributed by atoms with van der Waals surface area (Å²) in [5.74, 6) is -6.85. The number of para-hydroxylation sites is 1. The number of hydrogen-bond acceptors (Lipinski definition) is 3. The van der Waals surface area contributed by atoms with Gasteiger partial charge in [-0.15, -0.1) is 0 Å². The zero-order valence-corrected chi connectivity index (χ0v) is 12.1. The average Bonchev–Trinajstić information content (AvgIpc) is 2.47. The summed E-state index contributed by atoms with van der Waals surface area (Å²) in [5.41, 5.74) is -0.989. The van der Waals surface area contributed by atoms with Crippen LogP contribution in [0.15, 0.2) is 47.4 Å². The first-order valence-corrected chi connectivity index (χ1v) is 7.65. The molecule has 0 aliphatic heterocycles. The number of halogens is 4. The monoisotopic (exact) mass is 347 g/mol. The van der Waals surface area contributed by atoms with Gasteiger partial charge in [0.1, 0.15) is 11.6 Å². The Bertz CT molecular complexity index is 853. The van der Waals surface area contributed by atoms with Crippen LogP contribution in [0.1, 0.15) is 10.4 Å². The van der Waals surface area contributed by atoms with Crippen LogP contribution in [-0.2, 0) is 9.84 Å². The van der Waals surface area contributed by atoms with Gasteiger partial charge < -0.3 is 5.32 Å². The molecule has 2 aromatic carbocycles. The fourth-order valence-electron chi connectivity index (χ4n) is 1.78. The summed E-state index contributed by atoms with van der Waals surface area (Å²) >= 11 is 0. The number of anilines is 1. The lowest BCUT2D eigenvalue weighted by atomic mass is 10.2. The number of rotatable bonds is 4. The van der Waals surface area contributed by atoms with Crippen LogP contribution in [0.5, 0.6) is 0 Å². The predicted molar refractivity (Wildman–Crippen MR) is 73.9 cm³/mol. The van der Waals surface area contributed by atoms with Gasteiger partial charge in [-0.1, -0.05) is 12.1 Å². The van der Waals surface area contributed by atoms with Crippen LogP contribution >= 0.6 is 0 Å². The second kappa shape index (κ2) is 6.37. The van der Waals surface area contributed by atoms with Crippen molar-refractivity contribution in [2.45, 2.75) is 10.7 Å². The van der Waals surface area contributed by atoms with E-state index in [0.29, 0.717) is 6.07 Å². The van der Waals surface area contributed by atoms with Crippen molar-refractivity contribution in [3.63, 3.8) is 0 Å². The van der Waals surface area contributed by atoms with Gasteiger partial charge >= 0.3 is 5.76 Å². The van der Waals surface area contributed by atoms with Gasteiger partial charge in [0.05, 0.1) is 16.1 Å². The summed E-state index contributed by atoms with van der Waals surface area (Å²) in [5, 5.41) is 2.03. The number of benzene rings is 2. The summed E-state index contributed by atoms with van der Waals surface area (Å²) < 4.78 is 74.7. The van der Waals surface area contributed by atoms with Gasteiger partial charge in [0.2, 0.25) is 9.84 Å². The van der Waals surface area contributed by atoms with E-state index < -0.39 is 49.3 Å². The Kier molecular flexibility index (Phi) is 4.69. The maximum absolute atomic E-state index is 13.5. The molecule has 0 radical (unpaired) electrons. The molecule has 0 aliphatic carbocycles. The first-order valence-electron chi connectivity index (χ1n) is 6.11. The Balaban J connectivity index is 2.40. The molecule has 4 nitrogen and oxygen atoms in total. The largest absolute Gasteiger partial charge is 0.341 e. The minimum absolute atomic E-state index is 0.429. The van der Waals surface area contributed by atoms with Crippen LogP contribution in [0.2, 0.25) is 0 Å². The molecular formula is C14H9F4NO3S. The maximum Gasteiger partial charge on any atom is 0.341 e. The van der Waals surface area contributed by atoms with Crippen LogP contribution in [0.25, 0.3) is 0 Å². The highest BCUT2D eigenvalue weighted by Gasteiger charge is 2.29. The highest BCUT2D eigenvalue weighted by atomic mass is 32.2. The molecule has 0 fully saturated rings. The predicted octanol–water partition coefficient (Wildman–Crippen LogP) is 3.21. The molecule has 122 valence electrons. The summed E-state index contributed by atoms with van der Waals surface area (Å²) in [6.07, 6.45) is 0. The second-order valence-corrected chi connectivity index (χ2v) is 6.27. The molecule has 0 atom stereocenters. The van der Waals surface area contributed by atoms with Crippen molar-refractivity contribution in [3.05, 3.63) is 59.7 Å². The van der Waals surface area contributed by atoms with Crippen LogP contribution in [-0.4, -0.2) is 20.1 Å². The molecule has 0 saturated heterocycles. The molecule has 0 unspecified atom stereocenters. The van der Waals surface area contributed by atoms with E-state index >= 15 is 0 Å². The van der Waals surface area contributed by atoms with Gasteiger partial charge in [-0.2, -0.15) is 8.78 Å². The molecule has 23 heavy (non-hydrogen) atoms. The highest BCUT2D eigenvalue weighted by Crippen LogP contribution is 2.26. The van der Waals surface area contributed by atoms with Gasteiger partial charge in [0.15, 0.2) is 0 Å². The third-order valence-electron chi connectivity index (χ3n) is 2.85. The zero-order valence-electron chi connectivity index (χ0n) is 11.3. The average molecular weight is 347 g/mol. The second-order valence-electron chi connectivity index (χ2n) is 4.38. The van der Waals surface area contributed by atoms with Crippen LogP contribution < -0.4 is 5.32 Å². The van der Waals surface area contributed by atoms with Gasteiger partial charge in [-0.05, 0) is 24.3 Å². The van der Waals surface area contributed by atoms with E-state index in [-0.39, 0.29) is 0 Å². The van der Waals surface area contributed by atoms with Crippen molar-refractivity contribution in [1.29, 1.82) is 0 Å². The third-order valence-corrected chi connectivity index (χ3v) is 4.29. The number of carbonyl (C=O) groups excluding carboxylic acids is 1. The molecule has 2 rings (SSSR count). The normalized spacial score (nSPS) is 11.5. The summed E-state index contributed by atoms with van der Waals surface area (Å²) in [4.78, 5) is 11.1. The van der Waals surface area contributed by atoms with Crippen LogP contribution in [0, 0.1) is 11.6 Å². The van der Waals surface area contributed by atoms with Gasteiger partial charge in [0, 0.05) is 6.07 Å². The number of sulfone groups is 1. The van der Waals surface area contributed by atoms with E-state index in [1.807, 2.05) is 5.32 Å². The minimum Gasteiger partial charge on any atom is -0.321 e. The Morgan fingerprint density at radius 2 is 1.70 bits per heavy atom. The SMILES string of the molecule is O=C(Nc1ccccc1S(=O)(=O)C(F)F)c1ccc(F)cc1F. The van der Waals surface area contributed by atoms with Crippen LogP contribution in [0.4, 0.5) is 23.2 Å². The number of carbonyl (C=O) groups is 1. The van der Waals surface area contributed by atoms with Crippen molar-refractivity contribution < 1.29 is 30.8 Å². The van der Waals surface area contributed by atoms with Gasteiger partial charge in [-0.3, -0.25) is 4.79 Å². The highest BCUT2D eigenvalue weighted by molar-refractivity contribution is 7.91. The number of amides is 1. The number of alkyl halides is 2. The lowest BCUT2D eigenvalue weighted by Gasteiger charge is -2.11. The van der Waals surface area contributed by atoms with E-state index in [4.69, 9.17) is 0 Å². The summed E-state index contributed by atoms with van der Waals surface area (Å²) in [6.45, 7) is 0. The minimum atomic E-state index is -4.95. The molecular weight excluding hydrogens is 338 g/mol. The molecule has 9 heteroatoms.